The van der Waals surface area contributed by atoms with Crippen LogP contribution in [0.25, 0.3) is 22.4 Å². The lowest BCUT2D eigenvalue weighted by atomic mass is 10.2. The van der Waals surface area contributed by atoms with E-state index in [4.69, 9.17) is 11.1 Å². The van der Waals surface area contributed by atoms with E-state index in [1.165, 1.54) is 15.0 Å². The number of hydrogen-bond donors (Lipinski definition) is 2. The normalized spacial score (nSPS) is 11.0. The SMILES string of the molecule is N=c1c(C(N)=O)cc2c(=O)n3ccccc3nc2n1-c1ccccc1. The van der Waals surface area contributed by atoms with E-state index in [0.717, 1.165) is 0 Å². The lowest BCUT2D eigenvalue weighted by Crippen LogP contribution is -2.31. The summed E-state index contributed by atoms with van der Waals surface area (Å²) in [5.74, 6) is -0.769. The molecule has 25 heavy (non-hydrogen) atoms. The van der Waals surface area contributed by atoms with Gasteiger partial charge >= 0.3 is 0 Å². The molecule has 4 aromatic rings. The van der Waals surface area contributed by atoms with Gasteiger partial charge in [-0.3, -0.25) is 24.0 Å². The topological polar surface area (TPSA) is 106 Å². The van der Waals surface area contributed by atoms with Gasteiger partial charge in [0.1, 0.15) is 11.1 Å². The molecular weight excluding hydrogens is 318 g/mol. The average molecular weight is 331 g/mol. The minimum absolute atomic E-state index is 0.0360. The number of nitrogens with two attached hydrogens (primary N) is 1. The molecule has 0 unspecified atom stereocenters. The number of amides is 1. The second-order valence-electron chi connectivity index (χ2n) is 5.52. The Hall–Kier alpha value is -3.74. The summed E-state index contributed by atoms with van der Waals surface area (Å²) >= 11 is 0. The Labute approximate surface area is 141 Å². The maximum Gasteiger partial charge on any atom is 0.267 e. The van der Waals surface area contributed by atoms with Crippen molar-refractivity contribution in [3.8, 4) is 5.69 Å². The summed E-state index contributed by atoms with van der Waals surface area (Å²) in [5.41, 5.74) is 6.32. The Kier molecular flexibility index (Phi) is 3.21. The summed E-state index contributed by atoms with van der Waals surface area (Å²) in [4.78, 5) is 29.2. The van der Waals surface area contributed by atoms with Gasteiger partial charge in [-0.25, -0.2) is 4.98 Å². The largest absolute Gasteiger partial charge is 0.365 e. The molecule has 7 heteroatoms. The molecule has 0 aliphatic carbocycles. The highest BCUT2D eigenvalue weighted by atomic mass is 16.1. The van der Waals surface area contributed by atoms with Crippen molar-refractivity contribution in [3.63, 3.8) is 0 Å². The molecule has 1 amide bonds. The second kappa shape index (κ2) is 5.41. The molecule has 0 atom stereocenters. The van der Waals surface area contributed by atoms with Gasteiger partial charge in [-0.2, -0.15) is 0 Å². The number of carbonyl (C=O) groups excluding carboxylic acids is 1. The molecule has 7 nitrogen and oxygen atoms in total. The lowest BCUT2D eigenvalue weighted by Gasteiger charge is -2.13. The highest BCUT2D eigenvalue weighted by Gasteiger charge is 2.16. The Morgan fingerprint density at radius 3 is 2.52 bits per heavy atom. The first kappa shape index (κ1) is 14.8. The van der Waals surface area contributed by atoms with Crippen LogP contribution >= 0.6 is 0 Å². The van der Waals surface area contributed by atoms with Crippen LogP contribution in [0.2, 0.25) is 0 Å². The number of nitrogens with zero attached hydrogens (tertiary/aromatic N) is 3. The van der Waals surface area contributed by atoms with Crippen LogP contribution in [0.5, 0.6) is 0 Å². The molecular formula is C18H13N5O2. The molecule has 4 rings (SSSR count). The van der Waals surface area contributed by atoms with Gasteiger partial charge < -0.3 is 5.73 Å². The smallest absolute Gasteiger partial charge is 0.267 e. The van der Waals surface area contributed by atoms with Crippen molar-refractivity contribution in [1.29, 1.82) is 5.41 Å². The molecule has 0 saturated carbocycles. The van der Waals surface area contributed by atoms with Gasteiger partial charge in [0.2, 0.25) is 0 Å². The van der Waals surface area contributed by atoms with E-state index in [9.17, 15) is 9.59 Å². The molecule has 122 valence electrons. The zero-order valence-electron chi connectivity index (χ0n) is 13.0. The number of hydrogen-bond acceptors (Lipinski definition) is 4. The molecule has 0 radical (unpaired) electrons. The molecule has 3 heterocycles. The van der Waals surface area contributed by atoms with Gasteiger partial charge in [0.15, 0.2) is 5.65 Å². The standard InChI is InChI=1S/C18H13N5O2/c19-15-12(16(20)24)10-13-17(23(15)11-6-2-1-3-7-11)21-14-8-4-5-9-22(14)18(13)25/h1-10,19H,(H2,20,24). The number of carbonyl (C=O) groups is 1. The summed E-state index contributed by atoms with van der Waals surface area (Å²) in [6, 6.07) is 15.5. The van der Waals surface area contributed by atoms with Crippen LogP contribution in [-0.4, -0.2) is 19.9 Å². The van der Waals surface area contributed by atoms with Crippen LogP contribution in [0.1, 0.15) is 10.4 Å². The number of fused-ring (bicyclic) bond motifs is 2. The van der Waals surface area contributed by atoms with Crippen LogP contribution in [-0.2, 0) is 0 Å². The minimum Gasteiger partial charge on any atom is -0.365 e. The quantitative estimate of drug-likeness (QED) is 0.539. The fourth-order valence-electron chi connectivity index (χ4n) is 2.84. The van der Waals surface area contributed by atoms with Gasteiger partial charge in [0.05, 0.1) is 10.9 Å². The molecule has 0 aliphatic rings. The van der Waals surface area contributed by atoms with Crippen molar-refractivity contribution in [1.82, 2.24) is 14.0 Å². The third kappa shape index (κ3) is 2.21. The van der Waals surface area contributed by atoms with Gasteiger partial charge in [0.25, 0.3) is 11.5 Å². The van der Waals surface area contributed by atoms with Gasteiger partial charge in [0, 0.05) is 11.9 Å². The number of benzene rings is 1. The van der Waals surface area contributed by atoms with Crippen LogP contribution in [0.15, 0.2) is 65.6 Å². The summed E-state index contributed by atoms with van der Waals surface area (Å²) in [6.45, 7) is 0. The predicted octanol–water partition coefficient (Wildman–Crippen LogP) is 1.22. The number of primary amides is 1. The molecule has 1 aromatic carbocycles. The Morgan fingerprint density at radius 2 is 1.80 bits per heavy atom. The highest BCUT2D eigenvalue weighted by Crippen LogP contribution is 2.14. The zero-order valence-corrected chi connectivity index (χ0v) is 13.0. The number of rotatable bonds is 2. The molecule has 0 fully saturated rings. The highest BCUT2D eigenvalue weighted by molar-refractivity contribution is 5.96. The molecule has 0 spiro atoms. The molecule has 0 saturated heterocycles. The van der Waals surface area contributed by atoms with Gasteiger partial charge in [-0.15, -0.1) is 0 Å². The minimum atomic E-state index is -0.769. The van der Waals surface area contributed by atoms with E-state index < -0.39 is 5.91 Å². The van der Waals surface area contributed by atoms with Crippen LogP contribution < -0.4 is 16.8 Å². The average Bonchev–Trinajstić information content (AvgIpc) is 2.62. The van der Waals surface area contributed by atoms with Crippen molar-refractivity contribution in [2.75, 3.05) is 0 Å². The Balaban J connectivity index is 2.29. The lowest BCUT2D eigenvalue weighted by molar-refractivity contribution is 0.0998. The maximum atomic E-state index is 12.9. The van der Waals surface area contributed by atoms with Crippen molar-refractivity contribution in [2.45, 2.75) is 0 Å². The number of aromatic nitrogens is 3. The maximum absolute atomic E-state index is 12.9. The zero-order chi connectivity index (χ0) is 17.6. The van der Waals surface area contributed by atoms with E-state index >= 15 is 0 Å². The number of para-hydroxylation sites is 1. The van der Waals surface area contributed by atoms with Crippen molar-refractivity contribution < 1.29 is 4.79 Å². The van der Waals surface area contributed by atoms with E-state index in [1.807, 2.05) is 6.07 Å². The second-order valence-corrected chi connectivity index (χ2v) is 5.52. The van der Waals surface area contributed by atoms with Crippen LogP contribution in [0.3, 0.4) is 0 Å². The molecule has 3 N–H and O–H groups in total. The van der Waals surface area contributed by atoms with E-state index in [1.54, 1.807) is 48.7 Å². The first-order valence-electron chi connectivity index (χ1n) is 7.55. The van der Waals surface area contributed by atoms with Crippen molar-refractivity contribution >= 4 is 22.6 Å². The Morgan fingerprint density at radius 1 is 1.08 bits per heavy atom. The van der Waals surface area contributed by atoms with Crippen LogP contribution in [0.4, 0.5) is 0 Å². The van der Waals surface area contributed by atoms with Gasteiger partial charge in [-0.05, 0) is 30.3 Å². The summed E-state index contributed by atoms with van der Waals surface area (Å²) in [5, 5.41) is 8.61. The van der Waals surface area contributed by atoms with E-state index in [0.29, 0.717) is 17.0 Å². The third-order valence-corrected chi connectivity index (χ3v) is 4.01. The number of pyridine rings is 2. The Bertz CT molecular complexity index is 1260. The van der Waals surface area contributed by atoms with Gasteiger partial charge in [-0.1, -0.05) is 24.3 Å². The fraction of sp³-hybridized carbons (Fsp3) is 0. The van der Waals surface area contributed by atoms with E-state index in [-0.39, 0.29) is 22.0 Å². The third-order valence-electron chi connectivity index (χ3n) is 4.01. The summed E-state index contributed by atoms with van der Waals surface area (Å²) < 4.78 is 2.86. The van der Waals surface area contributed by atoms with Crippen molar-refractivity contribution in [3.05, 3.63) is 82.2 Å². The van der Waals surface area contributed by atoms with E-state index in [2.05, 4.69) is 4.98 Å². The first-order valence-corrected chi connectivity index (χ1v) is 7.55. The predicted molar refractivity (Wildman–Crippen MR) is 92.7 cm³/mol. The monoisotopic (exact) mass is 331 g/mol. The molecule has 0 bridgehead atoms. The molecule has 3 aromatic heterocycles. The summed E-state index contributed by atoms with van der Waals surface area (Å²) in [6.07, 6.45) is 1.61. The fourth-order valence-corrected chi connectivity index (χ4v) is 2.84. The molecule has 0 aliphatic heterocycles. The summed E-state index contributed by atoms with van der Waals surface area (Å²) in [7, 11) is 0. The first-order chi connectivity index (χ1) is 12.1. The van der Waals surface area contributed by atoms with Crippen molar-refractivity contribution in [2.24, 2.45) is 5.73 Å². The van der Waals surface area contributed by atoms with Crippen LogP contribution in [0, 0.1) is 5.41 Å². The number of nitrogens with one attached hydrogen (secondary N) is 1.